The number of benzene rings is 2. The van der Waals surface area contributed by atoms with Gasteiger partial charge in [0.1, 0.15) is 5.82 Å². The number of hydrogen-bond donors (Lipinski definition) is 0. The van der Waals surface area contributed by atoms with Gasteiger partial charge in [0.2, 0.25) is 0 Å². The second kappa shape index (κ2) is 5.61. The summed E-state index contributed by atoms with van der Waals surface area (Å²) in [5.74, 6) is -0.852. The number of ketones is 1. The minimum atomic E-state index is -0.543. The molecule has 0 aromatic heterocycles. The molecule has 0 unspecified atom stereocenters. The molecule has 0 aliphatic heterocycles. The van der Waals surface area contributed by atoms with Gasteiger partial charge in [0.05, 0.1) is 5.56 Å². The first kappa shape index (κ1) is 15.7. The summed E-state index contributed by atoms with van der Waals surface area (Å²) in [6.07, 6.45) is 0. The third-order valence-corrected chi connectivity index (χ3v) is 4.64. The fourth-order valence-corrected chi connectivity index (χ4v) is 2.82. The van der Waals surface area contributed by atoms with Crippen LogP contribution in [0.4, 0.5) is 4.39 Å². The largest absolute Gasteiger partial charge is 0.288 e. The number of carbonyl (C=O) groups is 1. The smallest absolute Gasteiger partial charge is 0.196 e. The van der Waals surface area contributed by atoms with E-state index in [2.05, 4.69) is 0 Å². The molecule has 0 saturated carbocycles. The minimum absolute atomic E-state index is 0.0244. The second-order valence-electron chi connectivity index (χ2n) is 5.45. The van der Waals surface area contributed by atoms with Crippen LogP contribution in [-0.2, 0) is 0 Å². The molecule has 0 heterocycles. The van der Waals surface area contributed by atoms with Crippen LogP contribution in [0.25, 0.3) is 0 Å². The van der Waals surface area contributed by atoms with Crippen molar-refractivity contribution in [3.63, 3.8) is 0 Å². The Labute approximate surface area is 129 Å². The lowest BCUT2D eigenvalue weighted by Gasteiger charge is -2.18. The lowest BCUT2D eigenvalue weighted by atomic mass is 9.86. The van der Waals surface area contributed by atoms with E-state index in [1.54, 1.807) is 0 Å². The lowest BCUT2D eigenvalue weighted by Crippen LogP contribution is -2.12. The summed E-state index contributed by atoms with van der Waals surface area (Å²) in [6, 6.07) is 4.07. The molecule has 0 aliphatic rings. The van der Waals surface area contributed by atoms with Gasteiger partial charge in [0.25, 0.3) is 0 Å². The summed E-state index contributed by atoms with van der Waals surface area (Å²) >= 11 is 5.90. The Balaban J connectivity index is 2.73. The van der Waals surface area contributed by atoms with E-state index in [-0.39, 0.29) is 11.3 Å². The maximum Gasteiger partial charge on any atom is 0.196 e. The predicted molar refractivity (Wildman–Crippen MR) is 85.0 cm³/mol. The van der Waals surface area contributed by atoms with Gasteiger partial charge in [-0.2, -0.15) is 0 Å². The van der Waals surface area contributed by atoms with E-state index < -0.39 is 5.82 Å². The molecule has 0 aliphatic carbocycles. The molecule has 0 N–H and O–H groups in total. The fourth-order valence-electron chi connectivity index (χ4n) is 2.65. The van der Waals surface area contributed by atoms with Crippen LogP contribution < -0.4 is 0 Å². The second-order valence-corrected chi connectivity index (χ2v) is 5.89. The molecular formula is C18H18ClFO. The summed E-state index contributed by atoms with van der Waals surface area (Å²) in [5, 5.41) is 0.357. The van der Waals surface area contributed by atoms with Crippen LogP contribution in [0.15, 0.2) is 18.2 Å². The van der Waals surface area contributed by atoms with E-state index in [1.807, 2.05) is 34.6 Å². The SMILES string of the molecule is Cc1c(C)c(C)c(C(=O)c2cc(Cl)ccc2F)c(C)c1C. The van der Waals surface area contributed by atoms with E-state index in [0.29, 0.717) is 10.6 Å². The first-order valence-corrected chi connectivity index (χ1v) is 7.20. The molecule has 3 heteroatoms. The van der Waals surface area contributed by atoms with Crippen molar-refractivity contribution in [3.8, 4) is 0 Å². The van der Waals surface area contributed by atoms with Crippen molar-refractivity contribution in [1.29, 1.82) is 0 Å². The molecule has 2 aromatic carbocycles. The Hall–Kier alpha value is -1.67. The van der Waals surface area contributed by atoms with Gasteiger partial charge in [-0.1, -0.05) is 11.6 Å². The molecule has 0 amide bonds. The molecule has 2 aromatic rings. The fraction of sp³-hybridized carbons (Fsp3) is 0.278. The molecule has 0 saturated heterocycles. The molecule has 0 radical (unpaired) electrons. The maximum absolute atomic E-state index is 14.0. The highest BCUT2D eigenvalue weighted by Gasteiger charge is 2.21. The van der Waals surface area contributed by atoms with Crippen molar-refractivity contribution in [2.45, 2.75) is 34.6 Å². The standard InChI is InChI=1S/C18H18ClFO/c1-9-10(2)12(4)17(13(5)11(9)3)18(21)15-8-14(19)6-7-16(15)20/h6-8H,1-5H3. The zero-order valence-corrected chi connectivity index (χ0v) is 13.7. The highest BCUT2D eigenvalue weighted by atomic mass is 35.5. The van der Waals surface area contributed by atoms with Gasteiger partial charge in [-0.05, 0) is 80.6 Å². The molecule has 110 valence electrons. The van der Waals surface area contributed by atoms with Crippen molar-refractivity contribution in [2.24, 2.45) is 0 Å². The first-order valence-electron chi connectivity index (χ1n) is 6.82. The molecule has 21 heavy (non-hydrogen) atoms. The van der Waals surface area contributed by atoms with Crippen LogP contribution in [0.2, 0.25) is 5.02 Å². The third-order valence-electron chi connectivity index (χ3n) is 4.40. The average molecular weight is 305 g/mol. The molecule has 0 bridgehead atoms. The summed E-state index contributed by atoms with van der Waals surface area (Å²) in [4.78, 5) is 12.8. The predicted octanol–water partition coefficient (Wildman–Crippen LogP) is 5.25. The van der Waals surface area contributed by atoms with E-state index in [9.17, 15) is 9.18 Å². The van der Waals surface area contributed by atoms with E-state index in [1.165, 1.54) is 23.8 Å². The van der Waals surface area contributed by atoms with Crippen molar-refractivity contribution >= 4 is 17.4 Å². The van der Waals surface area contributed by atoms with E-state index >= 15 is 0 Å². The Morgan fingerprint density at radius 2 is 1.38 bits per heavy atom. The Morgan fingerprint density at radius 1 is 0.905 bits per heavy atom. The minimum Gasteiger partial charge on any atom is -0.288 e. The van der Waals surface area contributed by atoms with Gasteiger partial charge >= 0.3 is 0 Å². The monoisotopic (exact) mass is 304 g/mol. The third kappa shape index (κ3) is 2.60. The average Bonchev–Trinajstić information content (AvgIpc) is 2.45. The van der Waals surface area contributed by atoms with Crippen LogP contribution in [0.3, 0.4) is 0 Å². The summed E-state index contributed by atoms with van der Waals surface area (Å²) in [5.41, 5.74) is 5.73. The van der Waals surface area contributed by atoms with Crippen LogP contribution in [-0.4, -0.2) is 5.78 Å². The lowest BCUT2D eigenvalue weighted by molar-refractivity contribution is 0.103. The van der Waals surface area contributed by atoms with Gasteiger partial charge in [-0.3, -0.25) is 4.79 Å². The topological polar surface area (TPSA) is 17.1 Å². The number of hydrogen-bond acceptors (Lipinski definition) is 1. The van der Waals surface area contributed by atoms with Crippen LogP contribution >= 0.6 is 11.6 Å². The van der Waals surface area contributed by atoms with Crippen molar-refractivity contribution in [2.75, 3.05) is 0 Å². The van der Waals surface area contributed by atoms with Crippen molar-refractivity contribution < 1.29 is 9.18 Å². The number of carbonyl (C=O) groups excluding carboxylic acids is 1. The Morgan fingerprint density at radius 3 is 1.90 bits per heavy atom. The molecular weight excluding hydrogens is 287 g/mol. The zero-order chi connectivity index (χ0) is 15.9. The molecule has 0 atom stereocenters. The zero-order valence-electron chi connectivity index (χ0n) is 12.9. The number of halogens is 2. The van der Waals surface area contributed by atoms with Gasteiger partial charge < -0.3 is 0 Å². The van der Waals surface area contributed by atoms with Crippen LogP contribution in [0.1, 0.15) is 43.7 Å². The molecule has 0 spiro atoms. The van der Waals surface area contributed by atoms with Crippen molar-refractivity contribution in [3.05, 3.63) is 68.0 Å². The van der Waals surface area contributed by atoms with Gasteiger partial charge in [0.15, 0.2) is 5.78 Å². The van der Waals surface area contributed by atoms with Gasteiger partial charge in [-0.25, -0.2) is 4.39 Å². The quantitative estimate of drug-likeness (QED) is 0.692. The van der Waals surface area contributed by atoms with Crippen molar-refractivity contribution in [1.82, 2.24) is 0 Å². The molecule has 0 fully saturated rings. The van der Waals surface area contributed by atoms with E-state index in [4.69, 9.17) is 11.6 Å². The normalized spacial score (nSPS) is 10.8. The van der Waals surface area contributed by atoms with Crippen LogP contribution in [0, 0.1) is 40.4 Å². The first-order chi connectivity index (χ1) is 9.75. The highest BCUT2D eigenvalue weighted by molar-refractivity contribution is 6.31. The van der Waals surface area contributed by atoms with E-state index in [0.717, 1.165) is 22.3 Å². The number of rotatable bonds is 2. The van der Waals surface area contributed by atoms with Crippen LogP contribution in [0.5, 0.6) is 0 Å². The van der Waals surface area contributed by atoms with Gasteiger partial charge in [0, 0.05) is 10.6 Å². The summed E-state index contributed by atoms with van der Waals surface area (Å²) < 4.78 is 14.0. The maximum atomic E-state index is 14.0. The highest BCUT2D eigenvalue weighted by Crippen LogP contribution is 2.29. The molecule has 2 rings (SSSR count). The summed E-state index contributed by atoms with van der Waals surface area (Å²) in [7, 11) is 0. The summed E-state index contributed by atoms with van der Waals surface area (Å²) in [6.45, 7) is 9.83. The van der Waals surface area contributed by atoms with Gasteiger partial charge in [-0.15, -0.1) is 0 Å². The Bertz CT molecular complexity index is 718. The Kier molecular flexibility index (Phi) is 4.20. The molecule has 1 nitrogen and oxygen atoms in total.